The molecule has 1 aromatic rings. The third kappa shape index (κ3) is 1.92. The Labute approximate surface area is 90.6 Å². The van der Waals surface area contributed by atoms with Gasteiger partial charge in [0, 0.05) is 15.7 Å². The fraction of sp³-hybridized carbons (Fsp3) is 0.222. The van der Waals surface area contributed by atoms with Gasteiger partial charge in [0.25, 0.3) is 0 Å². The van der Waals surface area contributed by atoms with Gasteiger partial charge in [0.05, 0.1) is 12.7 Å². The second-order valence-electron chi connectivity index (χ2n) is 2.42. The molecule has 1 rings (SSSR count). The van der Waals surface area contributed by atoms with Crippen molar-refractivity contribution in [3.8, 4) is 11.8 Å². The Morgan fingerprint density at radius 3 is 2.77 bits per heavy atom. The maximum Gasteiger partial charge on any atom is 0.137 e. The van der Waals surface area contributed by atoms with Crippen LogP contribution in [0.1, 0.15) is 11.1 Å². The molecule has 0 saturated carbocycles. The molecular weight excluding hydrogens is 279 g/mol. The molecule has 0 unspecified atom stereocenters. The van der Waals surface area contributed by atoms with Crippen LogP contribution in [-0.4, -0.2) is 7.11 Å². The van der Waals surface area contributed by atoms with Crippen LogP contribution in [0.3, 0.4) is 0 Å². The predicted molar refractivity (Wildman–Crippen MR) is 58.3 cm³/mol. The zero-order valence-corrected chi connectivity index (χ0v) is 9.33. The summed E-state index contributed by atoms with van der Waals surface area (Å²) in [6.45, 7) is 0.359. The van der Waals surface area contributed by atoms with Crippen LogP contribution < -0.4 is 10.5 Å². The molecule has 0 aliphatic rings. The highest BCUT2D eigenvalue weighted by molar-refractivity contribution is 14.1. The Kier molecular flexibility index (Phi) is 3.51. The third-order valence-electron chi connectivity index (χ3n) is 1.75. The average Bonchev–Trinajstić information content (AvgIpc) is 2.17. The number of hydrogen-bond acceptors (Lipinski definition) is 3. The van der Waals surface area contributed by atoms with Crippen molar-refractivity contribution in [2.45, 2.75) is 6.54 Å². The molecule has 0 fully saturated rings. The summed E-state index contributed by atoms with van der Waals surface area (Å²) < 4.78 is 6.05. The zero-order valence-electron chi connectivity index (χ0n) is 7.17. The molecule has 0 spiro atoms. The molecule has 1 aromatic carbocycles. The lowest BCUT2D eigenvalue weighted by Gasteiger charge is -2.08. The molecule has 0 radical (unpaired) electrons. The molecule has 2 N–H and O–H groups in total. The molecule has 0 saturated heterocycles. The Bertz CT molecular complexity index is 357. The highest BCUT2D eigenvalue weighted by atomic mass is 127. The van der Waals surface area contributed by atoms with Crippen LogP contribution in [0.25, 0.3) is 0 Å². The van der Waals surface area contributed by atoms with Gasteiger partial charge in [-0.3, -0.25) is 0 Å². The van der Waals surface area contributed by atoms with Crippen LogP contribution >= 0.6 is 22.6 Å². The summed E-state index contributed by atoms with van der Waals surface area (Å²) in [6, 6.07) is 5.77. The van der Waals surface area contributed by atoms with Gasteiger partial charge in [-0.25, -0.2) is 0 Å². The summed E-state index contributed by atoms with van der Waals surface area (Å²) in [6.07, 6.45) is 0. The van der Waals surface area contributed by atoms with E-state index < -0.39 is 0 Å². The average molecular weight is 288 g/mol. The standard InChI is InChI=1S/C9H9IN2O/c1-13-9-3-2-8(10)6(4-11)7(9)5-12/h2-3H,4,11H2,1H3. The summed E-state index contributed by atoms with van der Waals surface area (Å²) in [5.41, 5.74) is 6.93. The van der Waals surface area contributed by atoms with Crippen LogP contribution in [0.15, 0.2) is 12.1 Å². The molecule has 3 nitrogen and oxygen atoms in total. The van der Waals surface area contributed by atoms with E-state index in [-0.39, 0.29) is 0 Å². The highest BCUT2D eigenvalue weighted by Crippen LogP contribution is 2.25. The maximum absolute atomic E-state index is 8.90. The number of halogens is 1. The number of methoxy groups -OCH3 is 1. The van der Waals surface area contributed by atoms with E-state index in [2.05, 4.69) is 28.7 Å². The van der Waals surface area contributed by atoms with Gasteiger partial charge >= 0.3 is 0 Å². The van der Waals surface area contributed by atoms with Crippen molar-refractivity contribution < 1.29 is 4.74 Å². The smallest absolute Gasteiger partial charge is 0.137 e. The maximum atomic E-state index is 8.90. The van der Waals surface area contributed by atoms with Gasteiger partial charge in [-0.15, -0.1) is 0 Å². The Morgan fingerprint density at radius 1 is 1.62 bits per heavy atom. The SMILES string of the molecule is COc1ccc(I)c(CN)c1C#N. The molecule has 0 amide bonds. The number of nitrogens with two attached hydrogens (primary N) is 1. The van der Waals surface area contributed by atoms with Crippen LogP contribution in [0, 0.1) is 14.9 Å². The van der Waals surface area contributed by atoms with Crippen molar-refractivity contribution in [2.75, 3.05) is 7.11 Å². The van der Waals surface area contributed by atoms with E-state index in [1.807, 2.05) is 6.07 Å². The lowest BCUT2D eigenvalue weighted by atomic mass is 10.1. The van der Waals surface area contributed by atoms with Gasteiger partial charge in [0.2, 0.25) is 0 Å². The topological polar surface area (TPSA) is 59.0 Å². The van der Waals surface area contributed by atoms with E-state index >= 15 is 0 Å². The molecule has 13 heavy (non-hydrogen) atoms. The van der Waals surface area contributed by atoms with E-state index in [4.69, 9.17) is 15.7 Å². The first-order chi connectivity index (χ1) is 6.24. The van der Waals surface area contributed by atoms with E-state index in [9.17, 15) is 0 Å². The Hall–Kier alpha value is -0.800. The lowest BCUT2D eigenvalue weighted by Crippen LogP contribution is -2.04. The van der Waals surface area contributed by atoms with Gasteiger partial charge in [-0.2, -0.15) is 5.26 Å². The quantitative estimate of drug-likeness (QED) is 0.841. The molecule has 0 aromatic heterocycles. The summed E-state index contributed by atoms with van der Waals surface area (Å²) in [7, 11) is 1.54. The molecule has 68 valence electrons. The van der Waals surface area contributed by atoms with Gasteiger partial charge in [0.1, 0.15) is 11.8 Å². The molecular formula is C9H9IN2O. The summed E-state index contributed by atoms with van der Waals surface area (Å²) >= 11 is 2.16. The second-order valence-corrected chi connectivity index (χ2v) is 3.58. The van der Waals surface area contributed by atoms with E-state index in [1.165, 1.54) is 0 Å². The largest absolute Gasteiger partial charge is 0.495 e. The number of benzene rings is 1. The molecule has 0 heterocycles. The number of nitriles is 1. The summed E-state index contributed by atoms with van der Waals surface area (Å²) in [5.74, 6) is 0.586. The van der Waals surface area contributed by atoms with Gasteiger partial charge < -0.3 is 10.5 Å². The first kappa shape index (κ1) is 10.3. The number of ether oxygens (including phenoxy) is 1. The highest BCUT2D eigenvalue weighted by Gasteiger charge is 2.10. The normalized spacial score (nSPS) is 9.38. The van der Waals surface area contributed by atoms with Crippen molar-refractivity contribution in [3.05, 3.63) is 26.8 Å². The number of rotatable bonds is 2. The summed E-state index contributed by atoms with van der Waals surface area (Å²) in [4.78, 5) is 0. The van der Waals surface area contributed by atoms with E-state index in [0.717, 1.165) is 9.13 Å². The van der Waals surface area contributed by atoms with Crippen LogP contribution in [-0.2, 0) is 6.54 Å². The molecule has 0 atom stereocenters. The molecule has 0 bridgehead atoms. The second kappa shape index (κ2) is 4.44. The minimum Gasteiger partial charge on any atom is -0.495 e. The predicted octanol–water partition coefficient (Wildman–Crippen LogP) is 1.63. The van der Waals surface area contributed by atoms with Crippen molar-refractivity contribution >= 4 is 22.6 Å². The first-order valence-corrected chi connectivity index (χ1v) is 4.78. The van der Waals surface area contributed by atoms with Gasteiger partial charge in [-0.05, 0) is 34.7 Å². The lowest BCUT2D eigenvalue weighted by molar-refractivity contribution is 0.413. The van der Waals surface area contributed by atoms with Crippen LogP contribution in [0.2, 0.25) is 0 Å². The minimum absolute atomic E-state index is 0.359. The van der Waals surface area contributed by atoms with Gasteiger partial charge in [0.15, 0.2) is 0 Å². The Morgan fingerprint density at radius 2 is 2.31 bits per heavy atom. The molecule has 0 aliphatic carbocycles. The van der Waals surface area contributed by atoms with Crippen molar-refractivity contribution in [2.24, 2.45) is 5.73 Å². The zero-order chi connectivity index (χ0) is 9.84. The summed E-state index contributed by atoms with van der Waals surface area (Å²) in [5, 5.41) is 8.90. The van der Waals surface area contributed by atoms with E-state index in [1.54, 1.807) is 13.2 Å². The molecule has 0 aliphatic heterocycles. The van der Waals surface area contributed by atoms with Crippen molar-refractivity contribution in [1.29, 1.82) is 5.26 Å². The third-order valence-corrected chi connectivity index (χ3v) is 2.76. The van der Waals surface area contributed by atoms with E-state index in [0.29, 0.717) is 17.9 Å². The fourth-order valence-electron chi connectivity index (χ4n) is 1.09. The van der Waals surface area contributed by atoms with Crippen molar-refractivity contribution in [1.82, 2.24) is 0 Å². The van der Waals surface area contributed by atoms with Crippen LogP contribution in [0.4, 0.5) is 0 Å². The first-order valence-electron chi connectivity index (χ1n) is 3.70. The molecule has 4 heteroatoms. The van der Waals surface area contributed by atoms with Crippen LogP contribution in [0.5, 0.6) is 5.75 Å². The number of hydrogen-bond donors (Lipinski definition) is 1. The monoisotopic (exact) mass is 288 g/mol. The fourth-order valence-corrected chi connectivity index (χ4v) is 1.76. The van der Waals surface area contributed by atoms with Gasteiger partial charge in [-0.1, -0.05) is 0 Å². The minimum atomic E-state index is 0.359. The van der Waals surface area contributed by atoms with Crippen molar-refractivity contribution in [3.63, 3.8) is 0 Å². The Balaban J connectivity index is 3.39. The number of nitrogens with zero attached hydrogens (tertiary/aromatic N) is 1.